The van der Waals surface area contributed by atoms with E-state index in [1.54, 1.807) is 0 Å². The Kier molecular flexibility index (Phi) is 4.37. The Balaban J connectivity index is 3.10. The van der Waals surface area contributed by atoms with Crippen LogP contribution in [0.15, 0.2) is 12.1 Å². The SMILES string of the molecule is Cc1cc(C)c(CC(C)(CN)C(C)C)c(C)c1. The minimum atomic E-state index is 0.199. The van der Waals surface area contributed by atoms with Gasteiger partial charge in [-0.25, -0.2) is 0 Å². The largest absolute Gasteiger partial charge is 0.330 e. The lowest BCUT2D eigenvalue weighted by molar-refractivity contribution is 0.226. The third-order valence-electron chi connectivity index (χ3n) is 4.28. The standard InChI is InChI=1S/C16H27N/c1-11(2)16(6,10-17)9-15-13(4)7-12(3)8-14(15)5/h7-8,11H,9-10,17H2,1-6H3. The van der Waals surface area contributed by atoms with Crippen molar-refractivity contribution in [3.8, 4) is 0 Å². The van der Waals surface area contributed by atoms with Crippen molar-refractivity contribution in [2.45, 2.75) is 48.0 Å². The Labute approximate surface area is 106 Å². The van der Waals surface area contributed by atoms with Crippen LogP contribution in [-0.4, -0.2) is 6.54 Å². The first-order valence-corrected chi connectivity index (χ1v) is 6.57. The van der Waals surface area contributed by atoms with Gasteiger partial charge in [-0.15, -0.1) is 0 Å². The minimum absolute atomic E-state index is 0.199. The lowest BCUT2D eigenvalue weighted by atomic mass is 9.73. The Morgan fingerprint density at radius 1 is 1.12 bits per heavy atom. The molecule has 0 saturated carbocycles. The molecule has 17 heavy (non-hydrogen) atoms. The molecule has 0 saturated heterocycles. The van der Waals surface area contributed by atoms with Crippen LogP contribution in [0.4, 0.5) is 0 Å². The van der Waals surface area contributed by atoms with E-state index in [-0.39, 0.29) is 5.41 Å². The predicted molar refractivity (Wildman–Crippen MR) is 76.4 cm³/mol. The van der Waals surface area contributed by atoms with Crippen LogP contribution in [0.1, 0.15) is 43.0 Å². The summed E-state index contributed by atoms with van der Waals surface area (Å²) >= 11 is 0. The molecule has 0 aliphatic rings. The van der Waals surface area contributed by atoms with E-state index in [4.69, 9.17) is 5.73 Å². The molecule has 0 radical (unpaired) electrons. The maximum absolute atomic E-state index is 5.99. The van der Waals surface area contributed by atoms with Crippen LogP contribution in [-0.2, 0) is 6.42 Å². The highest BCUT2D eigenvalue weighted by Gasteiger charge is 2.28. The van der Waals surface area contributed by atoms with Gasteiger partial charge in [0, 0.05) is 0 Å². The molecule has 1 rings (SSSR count). The van der Waals surface area contributed by atoms with Crippen molar-refractivity contribution in [2.75, 3.05) is 6.54 Å². The van der Waals surface area contributed by atoms with Crippen molar-refractivity contribution < 1.29 is 0 Å². The Morgan fingerprint density at radius 3 is 1.94 bits per heavy atom. The summed E-state index contributed by atoms with van der Waals surface area (Å²) in [4.78, 5) is 0. The van der Waals surface area contributed by atoms with Gasteiger partial charge in [-0.1, -0.05) is 38.5 Å². The molecule has 0 heterocycles. The Morgan fingerprint density at radius 2 is 1.59 bits per heavy atom. The van der Waals surface area contributed by atoms with Gasteiger partial charge in [0.2, 0.25) is 0 Å². The highest BCUT2D eigenvalue weighted by atomic mass is 14.6. The van der Waals surface area contributed by atoms with Crippen molar-refractivity contribution in [3.05, 3.63) is 34.4 Å². The van der Waals surface area contributed by atoms with Gasteiger partial charge >= 0.3 is 0 Å². The summed E-state index contributed by atoms with van der Waals surface area (Å²) in [5, 5.41) is 0. The third kappa shape index (κ3) is 3.10. The first kappa shape index (κ1) is 14.2. The summed E-state index contributed by atoms with van der Waals surface area (Å²) in [6.45, 7) is 14.2. The molecule has 1 aromatic carbocycles. The van der Waals surface area contributed by atoms with Crippen LogP contribution in [0.25, 0.3) is 0 Å². The zero-order chi connectivity index (χ0) is 13.2. The molecule has 0 aliphatic carbocycles. The number of nitrogens with two attached hydrogens (primary N) is 1. The van der Waals surface area contributed by atoms with Crippen molar-refractivity contribution in [2.24, 2.45) is 17.1 Å². The van der Waals surface area contributed by atoms with E-state index < -0.39 is 0 Å². The van der Waals surface area contributed by atoms with Gasteiger partial charge in [0.05, 0.1) is 0 Å². The second-order valence-corrected chi connectivity index (χ2v) is 6.07. The third-order valence-corrected chi connectivity index (χ3v) is 4.28. The molecule has 1 aromatic rings. The maximum Gasteiger partial charge on any atom is -0.00175 e. The highest BCUT2D eigenvalue weighted by Crippen LogP contribution is 2.32. The minimum Gasteiger partial charge on any atom is -0.330 e. The van der Waals surface area contributed by atoms with Crippen LogP contribution < -0.4 is 5.73 Å². The van der Waals surface area contributed by atoms with E-state index >= 15 is 0 Å². The van der Waals surface area contributed by atoms with Crippen LogP contribution in [0, 0.1) is 32.1 Å². The van der Waals surface area contributed by atoms with E-state index in [0.29, 0.717) is 5.92 Å². The molecule has 0 spiro atoms. The van der Waals surface area contributed by atoms with Crippen molar-refractivity contribution in [1.82, 2.24) is 0 Å². The smallest absolute Gasteiger partial charge is 0.00175 e. The van der Waals surface area contributed by atoms with Crippen molar-refractivity contribution >= 4 is 0 Å². The predicted octanol–water partition coefficient (Wildman–Crippen LogP) is 3.78. The van der Waals surface area contributed by atoms with E-state index in [0.717, 1.165) is 13.0 Å². The second kappa shape index (κ2) is 5.22. The number of benzene rings is 1. The zero-order valence-corrected chi connectivity index (χ0v) is 12.2. The van der Waals surface area contributed by atoms with E-state index in [9.17, 15) is 0 Å². The monoisotopic (exact) mass is 233 g/mol. The molecule has 96 valence electrons. The molecule has 0 fully saturated rings. The molecule has 1 heteroatoms. The van der Waals surface area contributed by atoms with Gasteiger partial charge < -0.3 is 5.73 Å². The summed E-state index contributed by atoms with van der Waals surface area (Å²) < 4.78 is 0. The topological polar surface area (TPSA) is 26.0 Å². The molecule has 0 bridgehead atoms. The van der Waals surface area contributed by atoms with Gasteiger partial charge in [0.15, 0.2) is 0 Å². The van der Waals surface area contributed by atoms with Crippen LogP contribution in [0.5, 0.6) is 0 Å². The second-order valence-electron chi connectivity index (χ2n) is 6.07. The number of hydrogen-bond donors (Lipinski definition) is 1. The average Bonchev–Trinajstić information content (AvgIpc) is 2.22. The van der Waals surface area contributed by atoms with Crippen molar-refractivity contribution in [1.29, 1.82) is 0 Å². The highest BCUT2D eigenvalue weighted by molar-refractivity contribution is 5.38. The van der Waals surface area contributed by atoms with Gasteiger partial charge in [-0.3, -0.25) is 0 Å². The summed E-state index contributed by atoms with van der Waals surface area (Å²) in [6.07, 6.45) is 1.08. The molecule has 1 atom stereocenters. The fourth-order valence-electron chi connectivity index (χ4n) is 2.40. The number of hydrogen-bond acceptors (Lipinski definition) is 1. The van der Waals surface area contributed by atoms with Gasteiger partial charge in [0.1, 0.15) is 0 Å². The maximum atomic E-state index is 5.99. The molecule has 2 N–H and O–H groups in total. The molecule has 0 amide bonds. The molecule has 1 unspecified atom stereocenters. The summed E-state index contributed by atoms with van der Waals surface area (Å²) in [6, 6.07) is 4.55. The zero-order valence-electron chi connectivity index (χ0n) is 12.2. The first-order chi connectivity index (χ1) is 7.80. The van der Waals surface area contributed by atoms with E-state index in [2.05, 4.69) is 53.7 Å². The van der Waals surface area contributed by atoms with E-state index in [1.165, 1.54) is 22.3 Å². The normalized spacial score (nSPS) is 15.1. The Bertz CT molecular complexity index is 370. The van der Waals surface area contributed by atoms with Crippen molar-refractivity contribution in [3.63, 3.8) is 0 Å². The van der Waals surface area contributed by atoms with Crippen LogP contribution in [0.3, 0.4) is 0 Å². The lowest BCUT2D eigenvalue weighted by Crippen LogP contribution is -2.35. The lowest BCUT2D eigenvalue weighted by Gasteiger charge is -2.33. The molecular formula is C16H27N. The first-order valence-electron chi connectivity index (χ1n) is 6.57. The molecule has 0 aromatic heterocycles. The summed E-state index contributed by atoms with van der Waals surface area (Å²) in [5.41, 5.74) is 11.8. The summed E-state index contributed by atoms with van der Waals surface area (Å²) in [5.74, 6) is 0.604. The van der Waals surface area contributed by atoms with Gasteiger partial charge in [-0.05, 0) is 61.8 Å². The molecular weight excluding hydrogens is 206 g/mol. The van der Waals surface area contributed by atoms with Gasteiger partial charge in [-0.2, -0.15) is 0 Å². The quantitative estimate of drug-likeness (QED) is 0.841. The average molecular weight is 233 g/mol. The van der Waals surface area contributed by atoms with Crippen LogP contribution >= 0.6 is 0 Å². The fourth-order valence-corrected chi connectivity index (χ4v) is 2.40. The van der Waals surface area contributed by atoms with E-state index in [1.807, 2.05) is 0 Å². The molecule has 0 aliphatic heterocycles. The number of rotatable bonds is 4. The summed E-state index contributed by atoms with van der Waals surface area (Å²) in [7, 11) is 0. The van der Waals surface area contributed by atoms with Gasteiger partial charge in [0.25, 0.3) is 0 Å². The molecule has 1 nitrogen and oxygen atoms in total. The number of aryl methyl sites for hydroxylation is 3. The fraction of sp³-hybridized carbons (Fsp3) is 0.625. The Hall–Kier alpha value is -0.820. The van der Waals surface area contributed by atoms with Crippen LogP contribution in [0.2, 0.25) is 0 Å².